The third-order valence-electron chi connectivity index (χ3n) is 3.26. The molecule has 0 bridgehead atoms. The lowest BCUT2D eigenvalue weighted by Crippen LogP contribution is -2.40. The van der Waals surface area contributed by atoms with E-state index in [4.69, 9.17) is 0 Å². The van der Waals surface area contributed by atoms with Crippen LogP contribution in [-0.2, 0) is 10.0 Å². The molecule has 2 rings (SSSR count). The molecule has 1 unspecified atom stereocenters. The van der Waals surface area contributed by atoms with Crippen LogP contribution in [0, 0.1) is 6.92 Å². The highest BCUT2D eigenvalue weighted by molar-refractivity contribution is 7.90. The number of aromatic nitrogens is 2. The van der Waals surface area contributed by atoms with Gasteiger partial charge in [0, 0.05) is 31.0 Å². The van der Waals surface area contributed by atoms with Crippen LogP contribution in [0.15, 0.2) is 12.3 Å². The molecule has 1 atom stereocenters. The number of hydrogen-bond donors (Lipinski definition) is 1. The quantitative estimate of drug-likeness (QED) is 0.865. The number of carbonyl (C=O) groups excluding carboxylic acids is 1. The first-order valence-corrected chi connectivity index (χ1v) is 8.44. The van der Waals surface area contributed by atoms with E-state index in [1.54, 1.807) is 26.8 Å². The van der Waals surface area contributed by atoms with Gasteiger partial charge < -0.3 is 4.90 Å². The lowest BCUT2D eigenvalue weighted by molar-refractivity contribution is 0.0780. The van der Waals surface area contributed by atoms with Gasteiger partial charge in [-0.25, -0.2) is 23.1 Å². The molecular weight excluding hydrogens is 292 g/mol. The van der Waals surface area contributed by atoms with Crippen molar-refractivity contribution in [2.45, 2.75) is 38.5 Å². The Morgan fingerprint density at radius 1 is 1.48 bits per heavy atom. The number of carbonyl (C=O) groups is 1. The molecule has 2 heterocycles. The van der Waals surface area contributed by atoms with Gasteiger partial charge in [0.2, 0.25) is 15.8 Å². The Kier molecular flexibility index (Phi) is 4.58. The van der Waals surface area contributed by atoms with Gasteiger partial charge in [0.05, 0.1) is 5.25 Å². The largest absolute Gasteiger partial charge is 0.335 e. The molecule has 8 heteroatoms. The molecule has 1 N–H and O–H groups in total. The van der Waals surface area contributed by atoms with Crippen molar-refractivity contribution in [3.05, 3.63) is 23.8 Å². The molecule has 116 valence electrons. The number of aryl methyl sites for hydroxylation is 1. The maximum absolute atomic E-state index is 12.3. The van der Waals surface area contributed by atoms with Crippen LogP contribution in [0.2, 0.25) is 0 Å². The van der Waals surface area contributed by atoms with E-state index in [0.29, 0.717) is 18.7 Å². The fourth-order valence-corrected chi connectivity index (χ4v) is 3.93. The molecule has 0 aromatic carbocycles. The number of amides is 1. The Bertz CT molecular complexity index is 630. The fraction of sp³-hybridized carbons (Fsp3) is 0.615. The first kappa shape index (κ1) is 15.8. The lowest BCUT2D eigenvalue weighted by Gasteiger charge is -2.17. The molecule has 21 heavy (non-hydrogen) atoms. The van der Waals surface area contributed by atoms with Crippen LogP contribution in [0.25, 0.3) is 0 Å². The van der Waals surface area contributed by atoms with Crippen molar-refractivity contribution in [1.82, 2.24) is 19.6 Å². The van der Waals surface area contributed by atoms with Gasteiger partial charge in [-0.3, -0.25) is 4.79 Å². The van der Waals surface area contributed by atoms with Crippen LogP contribution >= 0.6 is 0 Å². The van der Waals surface area contributed by atoms with Crippen molar-refractivity contribution in [3.63, 3.8) is 0 Å². The fourth-order valence-electron chi connectivity index (χ4n) is 2.28. The Morgan fingerprint density at radius 3 is 2.81 bits per heavy atom. The van der Waals surface area contributed by atoms with E-state index in [1.165, 1.54) is 11.1 Å². The van der Waals surface area contributed by atoms with E-state index in [9.17, 15) is 13.2 Å². The van der Waals surface area contributed by atoms with Crippen LogP contribution in [0.4, 0.5) is 0 Å². The summed E-state index contributed by atoms with van der Waals surface area (Å²) in [5, 5.41) is -0.575. The Morgan fingerprint density at radius 2 is 2.19 bits per heavy atom. The molecular formula is C13H20N4O3S. The third kappa shape index (κ3) is 3.76. The summed E-state index contributed by atoms with van der Waals surface area (Å²) in [5.74, 6) is -0.203. The minimum absolute atomic E-state index is 0.116. The molecule has 1 aromatic rings. The highest BCUT2D eigenvalue weighted by Crippen LogP contribution is 2.18. The third-order valence-corrected chi connectivity index (χ3v) is 5.32. The van der Waals surface area contributed by atoms with E-state index in [0.717, 1.165) is 0 Å². The van der Waals surface area contributed by atoms with Crippen molar-refractivity contribution in [3.8, 4) is 0 Å². The second-order valence-corrected chi connectivity index (χ2v) is 7.49. The van der Waals surface area contributed by atoms with Gasteiger partial charge in [0.1, 0.15) is 0 Å². The smallest absolute Gasteiger partial charge is 0.291 e. The predicted molar refractivity (Wildman–Crippen MR) is 78.3 cm³/mol. The summed E-state index contributed by atoms with van der Waals surface area (Å²) in [5.41, 5.74) is 0.707. The molecule has 1 saturated heterocycles. The Balaban J connectivity index is 2.07. The summed E-state index contributed by atoms with van der Waals surface area (Å²) in [6.45, 7) is 5.91. The molecule has 0 spiro atoms. The first-order valence-electron chi connectivity index (χ1n) is 6.89. The zero-order valence-electron chi connectivity index (χ0n) is 12.4. The molecule has 1 amide bonds. The summed E-state index contributed by atoms with van der Waals surface area (Å²) in [4.78, 5) is 21.8. The number of likely N-dealkylation sites (tertiary alicyclic amines) is 1. The molecule has 1 aliphatic rings. The van der Waals surface area contributed by atoms with Gasteiger partial charge in [-0.05, 0) is 33.3 Å². The Hall–Kier alpha value is -1.54. The van der Waals surface area contributed by atoms with Crippen LogP contribution < -0.4 is 4.72 Å². The van der Waals surface area contributed by atoms with Crippen LogP contribution in [0.5, 0.6) is 0 Å². The van der Waals surface area contributed by atoms with Crippen molar-refractivity contribution in [2.24, 2.45) is 0 Å². The van der Waals surface area contributed by atoms with Gasteiger partial charge in [0.25, 0.3) is 5.91 Å². The van der Waals surface area contributed by atoms with E-state index in [1.807, 2.05) is 0 Å². The predicted octanol–water partition coefficient (Wildman–Crippen LogP) is 0.327. The van der Waals surface area contributed by atoms with Gasteiger partial charge in [-0.2, -0.15) is 0 Å². The SMILES string of the molecule is Cc1ccnc(C(=O)N2CCC(S(=O)(=O)NC(C)C)C2)n1. The minimum atomic E-state index is -3.40. The molecule has 0 radical (unpaired) electrons. The Labute approximate surface area is 124 Å². The summed E-state index contributed by atoms with van der Waals surface area (Å²) in [6, 6.07) is 1.56. The summed E-state index contributed by atoms with van der Waals surface area (Å²) >= 11 is 0. The summed E-state index contributed by atoms with van der Waals surface area (Å²) in [7, 11) is -3.40. The maximum atomic E-state index is 12.3. The number of sulfonamides is 1. The average molecular weight is 312 g/mol. The second-order valence-electron chi connectivity index (χ2n) is 5.50. The van der Waals surface area contributed by atoms with E-state index < -0.39 is 15.3 Å². The monoisotopic (exact) mass is 312 g/mol. The lowest BCUT2D eigenvalue weighted by atomic mass is 10.4. The van der Waals surface area contributed by atoms with Gasteiger partial charge in [-0.15, -0.1) is 0 Å². The normalized spacial score (nSPS) is 19.2. The maximum Gasteiger partial charge on any atom is 0.291 e. The van der Waals surface area contributed by atoms with Gasteiger partial charge >= 0.3 is 0 Å². The van der Waals surface area contributed by atoms with Crippen LogP contribution in [0.1, 0.15) is 36.6 Å². The van der Waals surface area contributed by atoms with Crippen molar-refractivity contribution < 1.29 is 13.2 Å². The van der Waals surface area contributed by atoms with Crippen molar-refractivity contribution >= 4 is 15.9 Å². The number of hydrogen-bond acceptors (Lipinski definition) is 5. The van der Waals surface area contributed by atoms with E-state index >= 15 is 0 Å². The average Bonchev–Trinajstić information content (AvgIpc) is 2.86. The minimum Gasteiger partial charge on any atom is -0.335 e. The van der Waals surface area contributed by atoms with Crippen LogP contribution in [-0.4, -0.2) is 53.6 Å². The van der Waals surface area contributed by atoms with E-state index in [2.05, 4.69) is 14.7 Å². The number of rotatable bonds is 4. The molecule has 1 aliphatic heterocycles. The highest BCUT2D eigenvalue weighted by atomic mass is 32.2. The molecule has 0 saturated carbocycles. The molecule has 1 fully saturated rings. The number of nitrogens with zero attached hydrogens (tertiary/aromatic N) is 3. The van der Waals surface area contributed by atoms with Gasteiger partial charge in [0.15, 0.2) is 0 Å². The summed E-state index contributed by atoms with van der Waals surface area (Å²) < 4.78 is 26.8. The van der Waals surface area contributed by atoms with Crippen molar-refractivity contribution in [1.29, 1.82) is 0 Å². The standard InChI is InChI=1S/C13H20N4O3S/c1-9(2)16-21(19,20)11-5-7-17(8-11)13(18)12-14-6-4-10(3)15-12/h4,6,9,11,16H,5,7-8H2,1-3H3. The van der Waals surface area contributed by atoms with Crippen LogP contribution in [0.3, 0.4) is 0 Å². The molecule has 0 aliphatic carbocycles. The van der Waals surface area contributed by atoms with Gasteiger partial charge in [-0.1, -0.05) is 0 Å². The second kappa shape index (κ2) is 6.07. The highest BCUT2D eigenvalue weighted by Gasteiger charge is 2.36. The summed E-state index contributed by atoms with van der Waals surface area (Å²) in [6.07, 6.45) is 1.96. The first-order chi connectivity index (χ1) is 9.79. The topological polar surface area (TPSA) is 92.3 Å². The van der Waals surface area contributed by atoms with E-state index in [-0.39, 0.29) is 24.3 Å². The van der Waals surface area contributed by atoms with Crippen molar-refractivity contribution in [2.75, 3.05) is 13.1 Å². The molecule has 1 aromatic heterocycles. The zero-order chi connectivity index (χ0) is 15.6. The number of nitrogens with one attached hydrogen (secondary N) is 1. The zero-order valence-corrected chi connectivity index (χ0v) is 13.2. The molecule has 7 nitrogen and oxygen atoms in total.